The third-order valence-corrected chi connectivity index (χ3v) is 7.21. The Bertz CT molecular complexity index is 836. The maximum atomic E-state index is 12.4. The van der Waals surface area contributed by atoms with Gasteiger partial charge in [0.2, 0.25) is 0 Å². The van der Waals surface area contributed by atoms with Crippen LogP contribution in [0.15, 0.2) is 24.3 Å². The van der Waals surface area contributed by atoms with E-state index in [0.717, 1.165) is 19.3 Å². The van der Waals surface area contributed by atoms with Gasteiger partial charge in [-0.25, -0.2) is 9.59 Å². The van der Waals surface area contributed by atoms with Crippen molar-refractivity contribution in [3.05, 3.63) is 35.4 Å². The van der Waals surface area contributed by atoms with Crippen LogP contribution in [-0.2, 0) is 19.6 Å². The molecule has 1 N–H and O–H groups in total. The number of carbonyl (C=O) groups excluding carboxylic acids is 2. The molecule has 1 aromatic rings. The minimum atomic E-state index is -4.31. The molecule has 0 radical (unpaired) electrons. The molecule has 8 heteroatoms. The predicted molar refractivity (Wildman–Crippen MR) is 138 cm³/mol. The van der Waals surface area contributed by atoms with Crippen molar-refractivity contribution in [1.29, 1.82) is 0 Å². The summed E-state index contributed by atoms with van der Waals surface area (Å²) in [6, 6.07) is 6.08. The van der Waals surface area contributed by atoms with Crippen molar-refractivity contribution in [3.63, 3.8) is 0 Å². The first kappa shape index (κ1) is 31.1. The van der Waals surface area contributed by atoms with E-state index in [4.69, 9.17) is 14.0 Å². The van der Waals surface area contributed by atoms with Crippen molar-refractivity contribution < 1.29 is 32.0 Å². The van der Waals surface area contributed by atoms with Gasteiger partial charge in [-0.05, 0) is 25.5 Å². The van der Waals surface area contributed by atoms with Crippen LogP contribution in [0.1, 0.15) is 124 Å². The SMILES string of the molecule is CCCCCCCCCCCCCCCCOC(=O)c1ccccc1C(=O)OCC(C)S(=O)(=O)O. The van der Waals surface area contributed by atoms with Crippen LogP contribution in [0.3, 0.4) is 0 Å². The Labute approximate surface area is 211 Å². The molecule has 0 aliphatic carbocycles. The Morgan fingerprint density at radius 3 is 1.57 bits per heavy atom. The van der Waals surface area contributed by atoms with Gasteiger partial charge in [-0.1, -0.05) is 103 Å². The normalized spacial score (nSPS) is 12.3. The maximum absolute atomic E-state index is 12.4. The van der Waals surface area contributed by atoms with E-state index in [1.165, 1.54) is 89.7 Å². The summed E-state index contributed by atoms with van der Waals surface area (Å²) < 4.78 is 41.4. The Morgan fingerprint density at radius 1 is 0.743 bits per heavy atom. The second kappa shape index (κ2) is 18.4. The first-order chi connectivity index (χ1) is 16.8. The molecule has 0 bridgehead atoms. The third-order valence-electron chi connectivity index (χ3n) is 6.06. The van der Waals surface area contributed by atoms with Gasteiger partial charge in [-0.15, -0.1) is 0 Å². The van der Waals surface area contributed by atoms with Gasteiger partial charge in [0.1, 0.15) is 11.9 Å². The van der Waals surface area contributed by atoms with Gasteiger partial charge >= 0.3 is 11.9 Å². The summed E-state index contributed by atoms with van der Waals surface area (Å²) >= 11 is 0. The van der Waals surface area contributed by atoms with Crippen molar-refractivity contribution >= 4 is 22.1 Å². The summed E-state index contributed by atoms with van der Waals surface area (Å²) in [5.41, 5.74) is 0.0726. The third kappa shape index (κ3) is 14.3. The number of hydrogen-bond acceptors (Lipinski definition) is 6. The number of carbonyl (C=O) groups is 2. The minimum Gasteiger partial charge on any atom is -0.462 e. The molecular formula is C27H44O7S. The average molecular weight is 513 g/mol. The van der Waals surface area contributed by atoms with Crippen LogP contribution in [0.4, 0.5) is 0 Å². The van der Waals surface area contributed by atoms with Crippen molar-refractivity contribution in [2.45, 2.75) is 109 Å². The minimum absolute atomic E-state index is 0.000923. The Hall–Kier alpha value is -1.93. The van der Waals surface area contributed by atoms with E-state index < -0.39 is 33.9 Å². The van der Waals surface area contributed by atoms with Crippen molar-refractivity contribution in [3.8, 4) is 0 Å². The number of hydrogen-bond donors (Lipinski definition) is 1. The molecule has 1 atom stereocenters. The van der Waals surface area contributed by atoms with Crippen molar-refractivity contribution in [2.24, 2.45) is 0 Å². The van der Waals surface area contributed by atoms with Gasteiger partial charge in [0.25, 0.3) is 10.1 Å². The number of esters is 2. The number of benzene rings is 1. The fourth-order valence-electron chi connectivity index (χ4n) is 3.74. The lowest BCUT2D eigenvalue weighted by Crippen LogP contribution is -2.25. The molecule has 0 aromatic heterocycles. The summed E-state index contributed by atoms with van der Waals surface area (Å²) in [6.07, 6.45) is 17.4. The van der Waals surface area contributed by atoms with Gasteiger partial charge in [-0.3, -0.25) is 4.55 Å². The molecule has 0 spiro atoms. The molecule has 1 unspecified atom stereocenters. The fourth-order valence-corrected chi connectivity index (χ4v) is 3.98. The molecule has 1 aromatic carbocycles. The fraction of sp³-hybridized carbons (Fsp3) is 0.704. The van der Waals surface area contributed by atoms with Crippen molar-refractivity contribution in [2.75, 3.05) is 13.2 Å². The Kier molecular flexibility index (Phi) is 16.3. The lowest BCUT2D eigenvalue weighted by atomic mass is 10.0. The molecule has 0 aliphatic rings. The lowest BCUT2D eigenvalue weighted by Gasteiger charge is -2.12. The predicted octanol–water partition coefficient (Wildman–Crippen LogP) is 6.76. The second-order valence-corrected chi connectivity index (χ2v) is 11.0. The average Bonchev–Trinajstić information content (AvgIpc) is 2.83. The molecule has 0 saturated heterocycles. The smallest absolute Gasteiger partial charge is 0.339 e. The maximum Gasteiger partial charge on any atom is 0.339 e. The van der Waals surface area contributed by atoms with E-state index in [9.17, 15) is 18.0 Å². The number of rotatable bonds is 20. The van der Waals surface area contributed by atoms with Crippen LogP contribution in [0.25, 0.3) is 0 Å². The molecule has 200 valence electrons. The zero-order chi connectivity index (χ0) is 25.9. The molecule has 0 fully saturated rings. The van der Waals surface area contributed by atoms with Gasteiger partial charge in [0.15, 0.2) is 0 Å². The van der Waals surface area contributed by atoms with Gasteiger partial charge in [0.05, 0.1) is 17.7 Å². The Morgan fingerprint density at radius 2 is 1.14 bits per heavy atom. The highest BCUT2D eigenvalue weighted by Gasteiger charge is 2.23. The summed E-state index contributed by atoms with van der Waals surface area (Å²) in [5, 5.41) is -1.26. The zero-order valence-electron chi connectivity index (χ0n) is 21.5. The highest BCUT2D eigenvalue weighted by atomic mass is 32.2. The molecule has 0 saturated carbocycles. The van der Waals surface area contributed by atoms with Gasteiger partial charge in [-0.2, -0.15) is 8.42 Å². The molecular weight excluding hydrogens is 468 g/mol. The molecule has 7 nitrogen and oxygen atoms in total. The van der Waals surface area contributed by atoms with Crippen LogP contribution in [0.5, 0.6) is 0 Å². The van der Waals surface area contributed by atoms with E-state index in [2.05, 4.69) is 6.92 Å². The van der Waals surface area contributed by atoms with E-state index in [0.29, 0.717) is 0 Å². The van der Waals surface area contributed by atoms with Crippen LogP contribution < -0.4 is 0 Å². The summed E-state index contributed by atoms with van der Waals surface area (Å²) in [7, 11) is -4.31. The molecule has 0 heterocycles. The van der Waals surface area contributed by atoms with Crippen LogP contribution in [-0.4, -0.2) is 43.4 Å². The highest BCUT2D eigenvalue weighted by Crippen LogP contribution is 2.15. The van der Waals surface area contributed by atoms with Gasteiger partial charge < -0.3 is 9.47 Å². The topological polar surface area (TPSA) is 107 Å². The monoisotopic (exact) mass is 512 g/mol. The second-order valence-electron chi connectivity index (χ2n) is 9.20. The van der Waals surface area contributed by atoms with Crippen LogP contribution >= 0.6 is 0 Å². The van der Waals surface area contributed by atoms with Gasteiger partial charge in [0, 0.05) is 0 Å². The first-order valence-corrected chi connectivity index (χ1v) is 14.7. The molecule has 0 amide bonds. The standard InChI is InChI=1S/C27H44O7S/c1-3-4-5-6-7-8-9-10-11-12-13-14-15-18-21-33-26(28)24-19-16-17-20-25(24)27(29)34-22-23(2)35(30,31)32/h16-17,19-20,23H,3-15,18,21-22H2,1-2H3,(H,30,31,32). The van der Waals surface area contributed by atoms with Crippen LogP contribution in [0, 0.1) is 0 Å². The number of ether oxygens (including phenoxy) is 2. The van der Waals surface area contributed by atoms with E-state index in [1.807, 2.05) is 0 Å². The largest absolute Gasteiger partial charge is 0.462 e. The lowest BCUT2D eigenvalue weighted by molar-refractivity contribution is 0.0454. The highest BCUT2D eigenvalue weighted by molar-refractivity contribution is 7.86. The zero-order valence-corrected chi connectivity index (χ0v) is 22.3. The Balaban J connectivity index is 2.18. The number of unbranched alkanes of at least 4 members (excludes halogenated alkanes) is 13. The van der Waals surface area contributed by atoms with E-state index in [-0.39, 0.29) is 17.7 Å². The summed E-state index contributed by atoms with van der Waals surface area (Å²) in [6.45, 7) is 3.23. The summed E-state index contributed by atoms with van der Waals surface area (Å²) in [5.74, 6) is -1.46. The summed E-state index contributed by atoms with van der Waals surface area (Å²) in [4.78, 5) is 24.7. The van der Waals surface area contributed by atoms with Crippen molar-refractivity contribution in [1.82, 2.24) is 0 Å². The first-order valence-electron chi connectivity index (χ1n) is 13.2. The van der Waals surface area contributed by atoms with E-state index >= 15 is 0 Å². The molecule has 0 aliphatic heterocycles. The molecule has 35 heavy (non-hydrogen) atoms. The van der Waals surface area contributed by atoms with Crippen LogP contribution in [0.2, 0.25) is 0 Å². The molecule has 1 rings (SSSR count). The van der Waals surface area contributed by atoms with E-state index in [1.54, 1.807) is 12.1 Å². The quantitative estimate of drug-likeness (QED) is 0.117.